The summed E-state index contributed by atoms with van der Waals surface area (Å²) in [4.78, 5) is 18.1. The van der Waals surface area contributed by atoms with E-state index >= 15 is 0 Å². The summed E-state index contributed by atoms with van der Waals surface area (Å²) in [5, 5.41) is 12.9. The van der Waals surface area contributed by atoms with Gasteiger partial charge in [0.15, 0.2) is 0 Å². The first kappa shape index (κ1) is 19.1. The summed E-state index contributed by atoms with van der Waals surface area (Å²) < 4.78 is 0. The highest BCUT2D eigenvalue weighted by atomic mass is 16.3. The van der Waals surface area contributed by atoms with E-state index in [4.69, 9.17) is 0 Å². The second-order valence-electron chi connectivity index (χ2n) is 5.86. The van der Waals surface area contributed by atoms with Crippen molar-refractivity contribution in [3.05, 3.63) is 65.5 Å². The molecule has 0 saturated carbocycles. The number of rotatable bonds is 5. The number of aliphatic hydroxyl groups is 1. The molecule has 0 radical (unpaired) electrons. The summed E-state index contributed by atoms with van der Waals surface area (Å²) in [6.45, 7) is 6.59. The van der Waals surface area contributed by atoms with E-state index in [0.29, 0.717) is 12.1 Å². The van der Waals surface area contributed by atoms with E-state index < -0.39 is 6.10 Å². The molecule has 0 spiro atoms. The van der Waals surface area contributed by atoms with Crippen molar-refractivity contribution in [2.75, 3.05) is 19.6 Å². The van der Waals surface area contributed by atoms with Gasteiger partial charge in [0.1, 0.15) is 0 Å². The molecule has 1 aliphatic rings. The molecule has 1 aromatic carbocycles. The van der Waals surface area contributed by atoms with Crippen molar-refractivity contribution in [1.29, 1.82) is 0 Å². The molecule has 0 unspecified atom stereocenters. The quantitative estimate of drug-likeness (QED) is 0.875. The minimum absolute atomic E-state index is 0.207. The number of carbonyl (C=O) groups is 1. The maximum Gasteiger partial charge on any atom is 0.252 e. The standard InChI is InChI=1S/C18H21N3O2.C2H6/c22-17(11-20-18(23)15-6-3-8-19-10-15)13-21-9-7-14-4-1-2-5-16(14)12-21;1-2/h1-6,8,10,17,22H,7,9,11-13H2,(H,20,23);1-2H3/t17-;/m1./s1. The Morgan fingerprint density at radius 2 is 2.00 bits per heavy atom. The van der Waals surface area contributed by atoms with Gasteiger partial charge in [-0.05, 0) is 29.7 Å². The predicted molar refractivity (Wildman–Crippen MR) is 99.3 cm³/mol. The van der Waals surface area contributed by atoms with E-state index in [1.165, 1.54) is 17.3 Å². The Morgan fingerprint density at radius 1 is 1.24 bits per heavy atom. The number of nitrogens with one attached hydrogen (secondary N) is 1. The lowest BCUT2D eigenvalue weighted by Gasteiger charge is -2.30. The average Bonchev–Trinajstić information content (AvgIpc) is 2.68. The molecular formula is C20H27N3O2. The lowest BCUT2D eigenvalue weighted by molar-refractivity contribution is 0.0841. The minimum Gasteiger partial charge on any atom is -0.390 e. The molecule has 1 amide bonds. The van der Waals surface area contributed by atoms with Crippen molar-refractivity contribution in [2.45, 2.75) is 32.9 Å². The Morgan fingerprint density at radius 3 is 2.72 bits per heavy atom. The van der Waals surface area contributed by atoms with E-state index in [1.807, 2.05) is 19.9 Å². The van der Waals surface area contributed by atoms with Crippen LogP contribution in [0.2, 0.25) is 0 Å². The molecule has 2 N–H and O–H groups in total. The van der Waals surface area contributed by atoms with Crippen LogP contribution < -0.4 is 5.32 Å². The van der Waals surface area contributed by atoms with E-state index in [1.54, 1.807) is 18.3 Å². The number of amides is 1. The van der Waals surface area contributed by atoms with Crippen molar-refractivity contribution in [1.82, 2.24) is 15.2 Å². The molecule has 25 heavy (non-hydrogen) atoms. The summed E-state index contributed by atoms with van der Waals surface area (Å²) in [7, 11) is 0. The van der Waals surface area contributed by atoms with Gasteiger partial charge in [-0.25, -0.2) is 0 Å². The van der Waals surface area contributed by atoms with Gasteiger partial charge in [-0.1, -0.05) is 38.1 Å². The number of pyridine rings is 1. The zero-order valence-corrected chi connectivity index (χ0v) is 15.0. The number of aliphatic hydroxyl groups excluding tert-OH is 1. The highest BCUT2D eigenvalue weighted by Gasteiger charge is 2.18. The van der Waals surface area contributed by atoms with E-state index in [2.05, 4.69) is 33.4 Å². The second-order valence-corrected chi connectivity index (χ2v) is 5.86. The molecule has 3 rings (SSSR count). The monoisotopic (exact) mass is 341 g/mol. The smallest absolute Gasteiger partial charge is 0.252 e. The molecule has 0 fully saturated rings. The predicted octanol–water partition coefficient (Wildman–Crippen LogP) is 2.26. The van der Waals surface area contributed by atoms with Gasteiger partial charge in [0.25, 0.3) is 5.91 Å². The maximum atomic E-state index is 11.9. The van der Waals surface area contributed by atoms with E-state index in [-0.39, 0.29) is 12.5 Å². The molecule has 0 aliphatic carbocycles. The van der Waals surface area contributed by atoms with Crippen LogP contribution in [-0.4, -0.2) is 46.6 Å². The molecule has 1 aromatic heterocycles. The van der Waals surface area contributed by atoms with Crippen LogP contribution in [0.3, 0.4) is 0 Å². The fourth-order valence-electron chi connectivity index (χ4n) is 2.88. The number of carbonyl (C=O) groups excluding carboxylic acids is 1. The van der Waals surface area contributed by atoms with E-state index in [0.717, 1.165) is 19.5 Å². The lowest BCUT2D eigenvalue weighted by Crippen LogP contribution is -2.42. The fraction of sp³-hybridized carbons (Fsp3) is 0.400. The molecule has 134 valence electrons. The molecule has 5 heteroatoms. The fourth-order valence-corrected chi connectivity index (χ4v) is 2.88. The number of aromatic nitrogens is 1. The van der Waals surface area contributed by atoms with Crippen molar-refractivity contribution in [3.8, 4) is 0 Å². The second kappa shape index (κ2) is 9.91. The van der Waals surface area contributed by atoms with Crippen LogP contribution in [0.15, 0.2) is 48.8 Å². The number of hydrogen-bond donors (Lipinski definition) is 2. The molecule has 2 heterocycles. The molecule has 1 atom stereocenters. The Bertz CT molecular complexity index is 661. The third-order valence-corrected chi connectivity index (χ3v) is 4.10. The van der Waals surface area contributed by atoms with Crippen molar-refractivity contribution >= 4 is 5.91 Å². The highest BCUT2D eigenvalue weighted by Crippen LogP contribution is 2.18. The zero-order chi connectivity index (χ0) is 18.1. The van der Waals surface area contributed by atoms with Crippen LogP contribution in [0, 0.1) is 0 Å². The van der Waals surface area contributed by atoms with Crippen molar-refractivity contribution in [2.24, 2.45) is 0 Å². The molecule has 0 bridgehead atoms. The molecule has 1 aliphatic heterocycles. The normalized spacial score (nSPS) is 14.7. The van der Waals surface area contributed by atoms with Gasteiger partial charge in [0.2, 0.25) is 0 Å². The van der Waals surface area contributed by atoms with Crippen molar-refractivity contribution in [3.63, 3.8) is 0 Å². The van der Waals surface area contributed by atoms with Gasteiger partial charge in [0, 0.05) is 38.6 Å². The molecule has 5 nitrogen and oxygen atoms in total. The molecule has 2 aromatic rings. The third kappa shape index (κ3) is 5.66. The third-order valence-electron chi connectivity index (χ3n) is 4.10. The van der Waals surface area contributed by atoms with Gasteiger partial charge < -0.3 is 10.4 Å². The summed E-state index contributed by atoms with van der Waals surface area (Å²) >= 11 is 0. The molecular weight excluding hydrogens is 314 g/mol. The van der Waals surface area contributed by atoms with Gasteiger partial charge in [0.05, 0.1) is 11.7 Å². The van der Waals surface area contributed by atoms with Crippen LogP contribution in [0.4, 0.5) is 0 Å². The number of β-amino-alcohol motifs (C(OH)–C–C–N with tert-alkyl or cyclic N) is 1. The van der Waals surface area contributed by atoms with Crippen LogP contribution in [0.1, 0.15) is 35.3 Å². The Labute approximate surface area is 149 Å². The summed E-state index contributed by atoms with van der Waals surface area (Å²) in [6.07, 6.45) is 3.56. The summed E-state index contributed by atoms with van der Waals surface area (Å²) in [5.74, 6) is -0.207. The Hall–Kier alpha value is -2.24. The van der Waals surface area contributed by atoms with Crippen molar-refractivity contribution < 1.29 is 9.90 Å². The first-order chi connectivity index (χ1) is 12.2. The lowest BCUT2D eigenvalue weighted by atomic mass is 10.00. The van der Waals surface area contributed by atoms with Crippen LogP contribution in [-0.2, 0) is 13.0 Å². The van der Waals surface area contributed by atoms with E-state index in [9.17, 15) is 9.90 Å². The average molecular weight is 341 g/mol. The van der Waals surface area contributed by atoms with Gasteiger partial charge >= 0.3 is 0 Å². The first-order valence-corrected chi connectivity index (χ1v) is 8.88. The summed E-state index contributed by atoms with van der Waals surface area (Å²) in [6, 6.07) is 11.8. The maximum absolute atomic E-state index is 11.9. The highest BCUT2D eigenvalue weighted by molar-refractivity contribution is 5.93. The largest absolute Gasteiger partial charge is 0.390 e. The zero-order valence-electron chi connectivity index (χ0n) is 15.0. The first-order valence-electron chi connectivity index (χ1n) is 8.88. The van der Waals surface area contributed by atoms with Crippen LogP contribution in [0.25, 0.3) is 0 Å². The van der Waals surface area contributed by atoms with Gasteiger partial charge in [-0.2, -0.15) is 0 Å². The number of fused-ring (bicyclic) bond motifs is 1. The minimum atomic E-state index is -0.583. The summed E-state index contributed by atoms with van der Waals surface area (Å²) in [5.41, 5.74) is 3.22. The van der Waals surface area contributed by atoms with Crippen LogP contribution >= 0.6 is 0 Å². The number of hydrogen-bond acceptors (Lipinski definition) is 4. The Balaban J connectivity index is 0.00000109. The molecule has 0 saturated heterocycles. The number of benzene rings is 1. The number of nitrogens with zero attached hydrogens (tertiary/aromatic N) is 2. The SMILES string of the molecule is CC.O=C(NC[C@@H](O)CN1CCc2ccccc2C1)c1cccnc1. The van der Waals surface area contributed by atoms with Gasteiger partial charge in [-0.3, -0.25) is 14.7 Å². The topological polar surface area (TPSA) is 65.5 Å². The van der Waals surface area contributed by atoms with Crippen LogP contribution in [0.5, 0.6) is 0 Å². The van der Waals surface area contributed by atoms with Gasteiger partial charge in [-0.15, -0.1) is 0 Å². The Kier molecular flexibility index (Phi) is 7.57.